The first kappa shape index (κ1) is 63.5. The van der Waals surface area contributed by atoms with E-state index < -0.39 is 255 Å². The number of benzene rings is 22. The third-order valence-corrected chi connectivity index (χ3v) is 34.6. The Morgan fingerprint density at radius 1 is 0.204 bits per heavy atom. The summed E-state index contributed by atoms with van der Waals surface area (Å²) in [6.45, 7) is 0. The molecule has 0 saturated heterocycles. The first-order valence-corrected chi connectivity index (χ1v) is 52.5. The summed E-state index contributed by atoms with van der Waals surface area (Å²) in [5, 5.41) is 11.6. The van der Waals surface area contributed by atoms with Gasteiger partial charge >= 0.3 is 884 Å². The summed E-state index contributed by atoms with van der Waals surface area (Å²) in [4.78, 5) is 44.4. The molecule has 0 amide bonds. The van der Waals surface area contributed by atoms with Crippen LogP contribution in [-0.4, -0.2) is 88.4 Å². The third kappa shape index (κ3) is 15.8. The van der Waals surface area contributed by atoms with Crippen LogP contribution in [0.4, 0.5) is 0 Å². The van der Waals surface area contributed by atoms with Crippen molar-refractivity contribution in [3.63, 3.8) is 0 Å². The van der Waals surface area contributed by atoms with Crippen LogP contribution in [0.1, 0.15) is 59.9 Å². The van der Waals surface area contributed by atoms with Crippen LogP contribution in [0.3, 0.4) is 0 Å². The molecule has 2 aliphatic rings. The zero-order valence-electron chi connectivity index (χ0n) is 104. The maximum atomic E-state index is 9.76. The summed E-state index contributed by atoms with van der Waals surface area (Å²) in [6.07, 6.45) is 11.4. The van der Waals surface area contributed by atoms with Gasteiger partial charge in [0.25, 0.3) is 0 Å². The molecule has 22 aromatic carbocycles. The Bertz CT molecular complexity index is 12000. The van der Waals surface area contributed by atoms with Crippen LogP contribution >= 0.6 is 0 Å². The van der Waals surface area contributed by atoms with Gasteiger partial charge in [-0.1, -0.05) is 24.3 Å². The van der Waals surface area contributed by atoms with Crippen molar-refractivity contribution in [3.05, 3.63) is 502 Å². The quantitative estimate of drug-likeness (QED) is 0.0871. The van der Waals surface area contributed by atoms with E-state index in [9.17, 15) is 11.0 Å². The molecule has 2 atom stereocenters. The van der Waals surface area contributed by atoms with Crippen molar-refractivity contribution in [3.8, 4) is 124 Å². The Hall–Kier alpha value is -17.5. The second-order valence-electron chi connectivity index (χ2n) is 35.4. The van der Waals surface area contributed by atoms with E-state index in [0.29, 0.717) is 23.3 Å². The van der Waals surface area contributed by atoms with Crippen molar-refractivity contribution >= 4 is 188 Å². The molecule has 30 rings (SSSR count). The van der Waals surface area contributed by atoms with Gasteiger partial charge in [-0.3, -0.25) is 0 Å². The zero-order valence-corrected chi connectivity index (χ0v) is 82.2. The molecule has 0 saturated carbocycles. The van der Waals surface area contributed by atoms with Crippen LogP contribution < -0.4 is 0 Å². The number of hydrogen-bond acceptors (Lipinski definition) is 9. The second-order valence-corrected chi connectivity index (χ2v) is 41.9. The van der Waals surface area contributed by atoms with Gasteiger partial charge < -0.3 is 0 Å². The Balaban J connectivity index is 0.000000124. The molecule has 6 heterocycles. The standard InChI is InChI=1S/2C45H27N3Se.C45H29N3Se/c1-3-13-28(14-4-1)32-21-11-22-36-37-23-12-24-38(42(37)49-41(32)36)44-46-43(30-16-5-2-6-17-30)47-45(48-44)40-27-39-31-18-8-7-15-29(31)25-26-35(39)33-19-9-10-20-34(33)40;1-3-11-30(12-4-1)43-46-44(31-13-5-2-6-14-31)48-45(47-43)33-22-25-38-39-17-9-16-35(42(39)49-41(38)27-33)32-19-18-29-21-23-36-34-15-8-7-10-28(34)20-24-37(36)40(29)26-32;1-2-10-28(11-3-1)29-20-22-31(23-21-29)43-46-44(48-45(47-43)40-18-9-16-38-37-14-6-7-19-41(37)49-42(38)40)39-17-8-15-33-35-25-24-30-12-4-5-13-32(30)34(35)26-27-36(33)39/h2*1-27H;1-27,33,36H/i;1D,2D,3D,4D,5D,6D,7D,8D,9D,10D,11D,12D,13D,14D,15D,16D,17D,18D,19D,20D,21D,22D,23D,24D,25D,26D,27D;. The molecule has 0 spiro atoms. The van der Waals surface area contributed by atoms with Crippen LogP contribution in [0.2, 0.25) is 0 Å². The molecular formula is C135H83N9Se3. The molecule has 12 heteroatoms. The summed E-state index contributed by atoms with van der Waals surface area (Å²) in [6, 6.07) is 84.6. The molecule has 9 nitrogen and oxygen atoms in total. The SMILES string of the molecule is C1=CC2c3ccc4ccccc4c3C=CC2C(c2nc(-c3ccc(-c4ccccc4)cc3)nc(-c3cccc4c3[se]c3ccccc34)n2)=C1.[2H]c1c([2H])c([2H])c(-c2nc(-c3c([2H])c([2H])c([2H])c([2H])c3[2H])nc(-c3c([2H])c([2H])c4c([se]c5c(-c6c([2H])c([2H])c7c([2H])c([2H])c8c9c([2H])c([2H])c([2H])c([2H])c9c([2H])c([2H])c8c7c6[2H])c([2H])c([2H])c([2H])c54)c3[2H])n2)c([2H])c1[2H].c1ccc(-c2nc(-c3cc4c5ccccc5ccc4c4ccccc34)nc(-c3cccc4c3[se]c3c(-c5ccccc5)cccc34)n2)cc1. The number of fused-ring (bicyclic) bond motifs is 24. The number of nitrogens with zero attached hydrogens (tertiary/aromatic N) is 9. The number of hydrogen-bond donors (Lipinski definition) is 0. The van der Waals surface area contributed by atoms with E-state index >= 15 is 0 Å². The van der Waals surface area contributed by atoms with Crippen molar-refractivity contribution in [1.82, 2.24) is 44.9 Å². The minimum absolute atomic E-state index is 0.0714. The van der Waals surface area contributed by atoms with Gasteiger partial charge in [-0.2, -0.15) is 0 Å². The minimum atomic E-state index is -1.43. The van der Waals surface area contributed by atoms with Crippen LogP contribution in [0, 0.1) is 5.92 Å². The average molecular weight is 2100 g/mol. The molecule has 686 valence electrons. The van der Waals surface area contributed by atoms with Crippen LogP contribution in [0.25, 0.3) is 269 Å². The summed E-state index contributed by atoms with van der Waals surface area (Å²) < 4.78 is 244. The number of rotatable bonds is 12. The van der Waals surface area contributed by atoms with E-state index in [1.807, 2.05) is 24.3 Å². The van der Waals surface area contributed by atoms with Gasteiger partial charge in [-0.05, 0) is 0 Å². The van der Waals surface area contributed by atoms with Crippen LogP contribution in [0.15, 0.2) is 485 Å². The monoisotopic (exact) mass is 2100 g/mol. The molecule has 2 unspecified atom stereocenters. The third-order valence-electron chi connectivity index (χ3n) is 27.0. The van der Waals surface area contributed by atoms with E-state index in [1.54, 1.807) is 0 Å². The molecule has 147 heavy (non-hydrogen) atoms. The van der Waals surface area contributed by atoms with Crippen molar-refractivity contribution in [2.75, 3.05) is 0 Å². The van der Waals surface area contributed by atoms with Gasteiger partial charge in [-0.15, -0.1) is 0 Å². The first-order valence-electron chi connectivity index (χ1n) is 60.9. The molecular weight excluding hydrogens is 1980 g/mol. The van der Waals surface area contributed by atoms with Gasteiger partial charge in [0.2, 0.25) is 0 Å². The van der Waals surface area contributed by atoms with Gasteiger partial charge in [0.1, 0.15) is 0 Å². The van der Waals surface area contributed by atoms with E-state index in [4.69, 9.17) is 55.9 Å². The van der Waals surface area contributed by atoms with Crippen molar-refractivity contribution in [2.24, 2.45) is 5.92 Å². The predicted octanol–water partition coefficient (Wildman–Crippen LogP) is 33.5. The fourth-order valence-electron chi connectivity index (χ4n) is 20.1. The average Bonchev–Trinajstić information content (AvgIpc) is 1.69. The molecule has 2 aliphatic carbocycles. The fourth-order valence-corrected chi connectivity index (χ4v) is 27.8. The molecule has 6 aromatic heterocycles. The van der Waals surface area contributed by atoms with Gasteiger partial charge in [0.05, 0.1) is 0 Å². The normalized spacial score (nSPS) is 15.9. The van der Waals surface area contributed by atoms with Crippen molar-refractivity contribution in [1.29, 1.82) is 0 Å². The summed E-state index contributed by atoms with van der Waals surface area (Å²) in [7, 11) is 0. The van der Waals surface area contributed by atoms with Gasteiger partial charge in [0, 0.05) is 0 Å². The summed E-state index contributed by atoms with van der Waals surface area (Å²) >= 11 is -1.18. The Kier molecular flexibility index (Phi) is 16.0. The number of allylic oxidation sites excluding steroid dienone is 5. The Morgan fingerprint density at radius 3 is 1.38 bits per heavy atom. The first-order chi connectivity index (χ1) is 84.1. The molecule has 0 radical (unpaired) electrons. The Labute approximate surface area is 902 Å². The van der Waals surface area contributed by atoms with Crippen molar-refractivity contribution in [2.45, 2.75) is 5.92 Å². The molecule has 0 N–H and O–H groups in total. The van der Waals surface area contributed by atoms with E-state index in [0.717, 1.165) is 50.4 Å². The molecule has 0 fully saturated rings. The zero-order chi connectivity index (χ0) is 120. The summed E-state index contributed by atoms with van der Waals surface area (Å²) in [5.41, 5.74) is 10.9. The van der Waals surface area contributed by atoms with Gasteiger partial charge in [-0.25, -0.2) is 0 Å². The predicted molar refractivity (Wildman–Crippen MR) is 616 cm³/mol. The molecule has 0 aliphatic heterocycles. The summed E-state index contributed by atoms with van der Waals surface area (Å²) in [5.74, 6) is 2.38. The Morgan fingerprint density at radius 2 is 0.667 bits per heavy atom. The fraction of sp³-hybridized carbons (Fsp3) is 0.0148. The second kappa shape index (κ2) is 37.0. The van der Waals surface area contributed by atoms with E-state index in [1.165, 1.54) is 110 Å². The number of aromatic nitrogens is 9. The van der Waals surface area contributed by atoms with E-state index in [2.05, 4.69) is 318 Å². The van der Waals surface area contributed by atoms with Crippen LogP contribution in [-0.2, 0) is 0 Å². The van der Waals surface area contributed by atoms with E-state index in [-0.39, 0.29) is 60.1 Å². The van der Waals surface area contributed by atoms with Crippen LogP contribution in [0.5, 0.6) is 0 Å². The maximum absolute atomic E-state index is 9.76. The molecule has 28 aromatic rings. The topological polar surface area (TPSA) is 116 Å². The molecule has 0 bridgehead atoms. The van der Waals surface area contributed by atoms with Gasteiger partial charge in [0.15, 0.2) is 0 Å². The van der Waals surface area contributed by atoms with Crippen molar-refractivity contribution < 1.29 is 37.0 Å².